The Bertz CT molecular complexity index is 2080. The number of amides is 1. The van der Waals surface area contributed by atoms with Crippen molar-refractivity contribution in [3.63, 3.8) is 0 Å². The Kier molecular flexibility index (Phi) is 11.3. The van der Waals surface area contributed by atoms with Gasteiger partial charge in [0, 0.05) is 23.4 Å². The van der Waals surface area contributed by atoms with Gasteiger partial charge in [0.25, 0.3) is 5.91 Å². The largest absolute Gasteiger partial charge is 0.573 e. The van der Waals surface area contributed by atoms with E-state index in [9.17, 15) is 68.7 Å². The molecule has 22 heteroatoms. The highest BCUT2D eigenvalue weighted by Crippen LogP contribution is 2.55. The number of nitrogens with zero attached hydrogens (tertiary/aromatic N) is 4. The molecule has 1 aliphatic rings. The van der Waals surface area contributed by atoms with Gasteiger partial charge in [-0.3, -0.25) is 4.79 Å². The number of halogens is 12. The van der Waals surface area contributed by atoms with Gasteiger partial charge in [-0.15, -0.1) is 13.2 Å². The number of esters is 1. The van der Waals surface area contributed by atoms with Gasteiger partial charge in [-0.25, -0.2) is 18.7 Å². The molecule has 1 amide bonds. The number of ether oxygens (including phenoxy) is 2. The molecule has 2 aromatic carbocycles. The maximum Gasteiger partial charge on any atom is 0.573 e. The predicted molar refractivity (Wildman–Crippen MR) is 171 cm³/mol. The highest BCUT2D eigenvalue weighted by molar-refractivity contribution is 6.34. The fourth-order valence-electron chi connectivity index (χ4n) is 5.09. The van der Waals surface area contributed by atoms with Gasteiger partial charge < -0.3 is 19.5 Å². The Morgan fingerprint density at radius 2 is 1.56 bits per heavy atom. The van der Waals surface area contributed by atoms with Gasteiger partial charge in [0.2, 0.25) is 0 Å². The number of benzene rings is 2. The molecule has 1 aromatic heterocycles. The van der Waals surface area contributed by atoms with Crippen LogP contribution in [0.2, 0.25) is 10.0 Å². The van der Waals surface area contributed by atoms with E-state index in [1.807, 2.05) is 6.07 Å². The fraction of sp³-hybridized carbons (Fsp3) is 0.364. The van der Waals surface area contributed by atoms with E-state index in [1.165, 1.54) is 26.8 Å². The lowest BCUT2D eigenvalue weighted by Crippen LogP contribution is -2.50. The second kappa shape index (κ2) is 14.6. The Labute approximate surface area is 313 Å². The van der Waals surface area contributed by atoms with Gasteiger partial charge in [-0.2, -0.15) is 36.7 Å². The summed E-state index contributed by atoms with van der Waals surface area (Å²) >= 11 is 12.2. The summed E-state index contributed by atoms with van der Waals surface area (Å²) in [6.45, 7) is 3.79. The van der Waals surface area contributed by atoms with Crippen LogP contribution >= 0.6 is 23.2 Å². The van der Waals surface area contributed by atoms with Crippen molar-refractivity contribution in [2.24, 2.45) is 0 Å². The van der Waals surface area contributed by atoms with Crippen LogP contribution < -0.4 is 4.74 Å². The lowest BCUT2D eigenvalue weighted by atomic mass is 9.93. The fourth-order valence-corrected chi connectivity index (χ4v) is 5.59. The maximum absolute atomic E-state index is 14.8. The van der Waals surface area contributed by atoms with Gasteiger partial charge in [0.05, 0.1) is 40.0 Å². The van der Waals surface area contributed by atoms with Gasteiger partial charge in [0.1, 0.15) is 16.8 Å². The Hall–Kier alpha value is -5.03. The molecule has 0 radical (unpaired) electrons. The Morgan fingerprint density at radius 3 is 2.05 bits per heavy atom. The minimum atomic E-state index is -6.71. The molecular weight excluding hydrogens is 809 g/mol. The van der Waals surface area contributed by atoms with Crippen molar-refractivity contribution in [3.8, 4) is 28.6 Å². The Morgan fingerprint density at radius 1 is 0.964 bits per heavy atom. The molecule has 3 aromatic rings. The number of carbonyl (C=O) groups excluding carboxylic acids is 2. The summed E-state index contributed by atoms with van der Waals surface area (Å²) in [6.07, 6.45) is -16.5. The lowest BCUT2D eigenvalue weighted by molar-refractivity contribution is -0.348. The summed E-state index contributed by atoms with van der Waals surface area (Å²) < 4.78 is 145. The third kappa shape index (κ3) is 9.10. The molecule has 1 aliphatic carbocycles. The van der Waals surface area contributed by atoms with E-state index in [1.54, 1.807) is 0 Å². The molecule has 0 bridgehead atoms. The van der Waals surface area contributed by atoms with Crippen LogP contribution in [-0.2, 0) is 20.0 Å². The summed E-state index contributed by atoms with van der Waals surface area (Å²) in [5.41, 5.74) is -13.2. The van der Waals surface area contributed by atoms with Crippen molar-refractivity contribution in [3.05, 3.63) is 75.5 Å². The number of rotatable bonds is 10. The van der Waals surface area contributed by atoms with Crippen molar-refractivity contribution in [1.29, 1.82) is 5.26 Å². The molecule has 1 heterocycles. The van der Waals surface area contributed by atoms with Crippen LogP contribution in [0.1, 0.15) is 49.5 Å². The molecule has 296 valence electrons. The molecule has 4 rings (SSSR count). The molecule has 1 saturated carbocycles. The van der Waals surface area contributed by atoms with E-state index < -0.39 is 93.6 Å². The van der Waals surface area contributed by atoms with Crippen molar-refractivity contribution in [1.82, 2.24) is 14.7 Å². The molecule has 0 atom stereocenters. The molecule has 0 saturated heterocycles. The standard InChI is InChI=1S/C33H24Cl2F10N4O6/c1-28(2,3)55-24(50)9-17(27(52)53)13-48(29(15-46)6-7-29)26(51)20-8-16(4-5-21(20)34)18-12-47-49(14-18)25-22(35)10-19(11-23(25)54-33(43,44)45)30(36,31(37,38)39)32(40,41)42/h4-5,8-12,14H,6-7,13H2,1-3H3,(H,52,53)/b17-9+. The van der Waals surface area contributed by atoms with E-state index >= 15 is 0 Å². The summed E-state index contributed by atoms with van der Waals surface area (Å²) in [5.74, 6) is -5.49. The first-order chi connectivity index (χ1) is 25.0. The third-order valence-corrected chi connectivity index (χ3v) is 8.39. The maximum atomic E-state index is 14.8. The number of aliphatic carboxylic acids is 1. The van der Waals surface area contributed by atoms with Crippen LogP contribution in [0.4, 0.5) is 43.9 Å². The second-order valence-electron chi connectivity index (χ2n) is 12.9. The zero-order valence-corrected chi connectivity index (χ0v) is 29.6. The number of aromatic nitrogens is 2. The number of carbonyl (C=O) groups is 3. The minimum Gasteiger partial charge on any atom is -0.478 e. The minimum absolute atomic E-state index is 0.00598. The predicted octanol–water partition coefficient (Wildman–Crippen LogP) is 8.89. The molecule has 10 nitrogen and oxygen atoms in total. The Balaban J connectivity index is 1.80. The second-order valence-corrected chi connectivity index (χ2v) is 13.7. The molecule has 0 aliphatic heterocycles. The van der Waals surface area contributed by atoms with E-state index in [2.05, 4.69) is 9.84 Å². The van der Waals surface area contributed by atoms with Crippen LogP contribution in [-0.4, -0.2) is 74.0 Å². The number of carboxylic acid groups (broad SMARTS) is 1. The van der Waals surface area contributed by atoms with Gasteiger partial charge in [-0.05, 0) is 63.4 Å². The first kappa shape index (κ1) is 42.7. The molecule has 55 heavy (non-hydrogen) atoms. The number of hydrogen-bond donors (Lipinski definition) is 1. The molecule has 1 N–H and O–H groups in total. The van der Waals surface area contributed by atoms with E-state index in [0.717, 1.165) is 29.4 Å². The lowest BCUT2D eigenvalue weighted by Gasteiger charge is -2.31. The highest BCUT2D eigenvalue weighted by atomic mass is 35.5. The highest BCUT2D eigenvalue weighted by Gasteiger charge is 2.73. The van der Waals surface area contributed by atoms with Crippen LogP contribution in [0.25, 0.3) is 16.8 Å². The monoisotopic (exact) mass is 832 g/mol. The molecular formula is C33H24Cl2F10N4O6. The number of carboxylic acids is 1. The smallest absolute Gasteiger partial charge is 0.478 e. The van der Waals surface area contributed by atoms with Crippen molar-refractivity contribution < 1.29 is 72.9 Å². The average molecular weight is 833 g/mol. The number of hydrogen-bond acceptors (Lipinski definition) is 7. The van der Waals surface area contributed by atoms with E-state index in [0.29, 0.717) is 10.8 Å². The van der Waals surface area contributed by atoms with Crippen molar-refractivity contribution in [2.75, 3.05) is 6.54 Å². The molecule has 0 unspecified atom stereocenters. The normalized spacial score (nSPS) is 14.9. The molecule has 0 spiro atoms. The van der Waals surface area contributed by atoms with Gasteiger partial charge in [-0.1, -0.05) is 29.3 Å². The summed E-state index contributed by atoms with van der Waals surface area (Å²) in [7, 11) is 0. The quantitative estimate of drug-likeness (QED) is 0.122. The van der Waals surface area contributed by atoms with E-state index in [-0.39, 0.29) is 40.6 Å². The van der Waals surface area contributed by atoms with Gasteiger partial charge >= 0.3 is 36.3 Å². The summed E-state index contributed by atoms with van der Waals surface area (Å²) in [4.78, 5) is 39.4. The third-order valence-electron chi connectivity index (χ3n) is 7.77. The zero-order chi connectivity index (χ0) is 41.7. The first-order valence-corrected chi connectivity index (χ1v) is 16.0. The number of nitriles is 1. The SMILES string of the molecule is CC(C)(C)OC(=O)/C=C(\CN(C(=O)c1cc(-c2cnn(-c3c(Cl)cc(C(F)(C(F)(F)F)C(F)(F)F)cc3OC(F)(F)F)c2)ccc1Cl)C1(C#N)CC1)C(=O)O. The first-order valence-electron chi connectivity index (χ1n) is 15.2. The number of alkyl halides is 10. The van der Waals surface area contributed by atoms with Crippen molar-refractivity contribution >= 4 is 41.0 Å². The summed E-state index contributed by atoms with van der Waals surface area (Å²) in [6, 6.07) is 4.80. The van der Waals surface area contributed by atoms with Crippen molar-refractivity contribution in [2.45, 2.75) is 69.1 Å². The van der Waals surface area contributed by atoms with Crippen LogP contribution in [0.15, 0.2) is 54.4 Å². The van der Waals surface area contributed by atoms with Crippen LogP contribution in [0.5, 0.6) is 5.75 Å². The zero-order valence-electron chi connectivity index (χ0n) is 28.1. The van der Waals surface area contributed by atoms with E-state index in [4.69, 9.17) is 27.9 Å². The van der Waals surface area contributed by atoms with Crippen LogP contribution in [0.3, 0.4) is 0 Å². The molecule has 1 fully saturated rings. The topological polar surface area (TPSA) is 135 Å². The average Bonchev–Trinajstić information content (AvgIpc) is 3.67. The summed E-state index contributed by atoms with van der Waals surface area (Å²) in [5, 5.41) is 22.0. The van der Waals surface area contributed by atoms with Gasteiger partial charge in [0.15, 0.2) is 5.75 Å². The van der Waals surface area contributed by atoms with Crippen LogP contribution in [0, 0.1) is 11.3 Å².